The maximum Gasteiger partial charge on any atom is 0.129 e. The summed E-state index contributed by atoms with van der Waals surface area (Å²) in [6, 6.07) is 1.28. The second kappa shape index (κ2) is 3.93. The first-order chi connectivity index (χ1) is 7.11. The summed E-state index contributed by atoms with van der Waals surface area (Å²) in [4.78, 5) is 0. The Morgan fingerprint density at radius 1 is 1.47 bits per heavy atom. The Morgan fingerprint density at radius 3 is 2.80 bits per heavy atom. The van der Waals surface area contributed by atoms with Gasteiger partial charge in [-0.05, 0) is 31.4 Å². The average Bonchev–Trinajstić information content (AvgIpc) is 2.73. The standard InChI is InChI=1S/C11H11BF2O/c1-6-8(13)5-7(10(12)11(6)14)9-3-2-4-15-9/h5,9H,2-4H2,1H3. The number of rotatable bonds is 1. The van der Waals surface area contributed by atoms with Gasteiger partial charge in [0.2, 0.25) is 0 Å². The van der Waals surface area contributed by atoms with Crippen molar-refractivity contribution in [3.63, 3.8) is 0 Å². The molecule has 0 bridgehead atoms. The van der Waals surface area contributed by atoms with E-state index in [0.29, 0.717) is 12.2 Å². The van der Waals surface area contributed by atoms with Crippen LogP contribution in [0.1, 0.15) is 30.1 Å². The molecule has 2 radical (unpaired) electrons. The van der Waals surface area contributed by atoms with Crippen molar-refractivity contribution in [2.24, 2.45) is 0 Å². The van der Waals surface area contributed by atoms with Crippen molar-refractivity contribution in [3.8, 4) is 0 Å². The van der Waals surface area contributed by atoms with E-state index in [1.54, 1.807) is 0 Å². The lowest BCUT2D eigenvalue weighted by atomic mass is 9.85. The van der Waals surface area contributed by atoms with E-state index in [0.717, 1.165) is 12.8 Å². The van der Waals surface area contributed by atoms with E-state index in [-0.39, 0.29) is 17.1 Å². The van der Waals surface area contributed by atoms with Gasteiger partial charge < -0.3 is 4.74 Å². The number of hydrogen-bond acceptors (Lipinski definition) is 1. The molecule has 1 fully saturated rings. The molecule has 2 rings (SSSR count). The third kappa shape index (κ3) is 1.78. The Balaban J connectivity index is 2.47. The third-order valence-corrected chi connectivity index (χ3v) is 2.79. The fourth-order valence-corrected chi connectivity index (χ4v) is 1.85. The van der Waals surface area contributed by atoms with Crippen LogP contribution in [0, 0.1) is 18.6 Å². The zero-order valence-corrected chi connectivity index (χ0v) is 8.52. The molecular weight excluding hydrogens is 197 g/mol. The van der Waals surface area contributed by atoms with Crippen LogP contribution in [0.3, 0.4) is 0 Å². The molecule has 1 aliphatic heterocycles. The van der Waals surface area contributed by atoms with E-state index >= 15 is 0 Å². The fourth-order valence-electron chi connectivity index (χ4n) is 1.85. The predicted molar refractivity (Wildman–Crippen MR) is 54.4 cm³/mol. The molecule has 1 aromatic rings. The lowest BCUT2D eigenvalue weighted by molar-refractivity contribution is 0.112. The van der Waals surface area contributed by atoms with E-state index in [1.165, 1.54) is 13.0 Å². The SMILES string of the molecule is [B]c1c(C2CCCO2)cc(F)c(C)c1F. The summed E-state index contributed by atoms with van der Waals surface area (Å²) in [7, 11) is 5.61. The molecule has 1 aliphatic rings. The summed E-state index contributed by atoms with van der Waals surface area (Å²) in [5.74, 6) is -1.23. The Labute approximate surface area is 88.8 Å². The zero-order chi connectivity index (χ0) is 11.0. The Hall–Kier alpha value is -0.895. The molecule has 78 valence electrons. The van der Waals surface area contributed by atoms with Gasteiger partial charge in [0.1, 0.15) is 19.5 Å². The van der Waals surface area contributed by atoms with Crippen LogP contribution in [0.15, 0.2) is 6.07 Å². The highest BCUT2D eigenvalue weighted by atomic mass is 19.1. The van der Waals surface area contributed by atoms with Gasteiger partial charge in [-0.15, -0.1) is 0 Å². The Bertz CT molecular complexity index is 387. The van der Waals surface area contributed by atoms with E-state index in [9.17, 15) is 8.78 Å². The van der Waals surface area contributed by atoms with Crippen LogP contribution in [0.4, 0.5) is 8.78 Å². The van der Waals surface area contributed by atoms with Crippen LogP contribution in [0.5, 0.6) is 0 Å². The molecule has 4 heteroatoms. The summed E-state index contributed by atoms with van der Waals surface area (Å²) in [6.45, 7) is 2.00. The Morgan fingerprint density at radius 2 is 2.20 bits per heavy atom. The van der Waals surface area contributed by atoms with E-state index < -0.39 is 11.6 Å². The number of halogens is 2. The van der Waals surface area contributed by atoms with E-state index in [2.05, 4.69) is 0 Å². The van der Waals surface area contributed by atoms with Crippen LogP contribution in [0.25, 0.3) is 0 Å². The predicted octanol–water partition coefficient (Wildman–Crippen LogP) is 1.92. The van der Waals surface area contributed by atoms with Crippen molar-refractivity contribution in [2.45, 2.75) is 25.9 Å². The zero-order valence-electron chi connectivity index (χ0n) is 8.52. The van der Waals surface area contributed by atoms with Gasteiger partial charge in [-0.1, -0.05) is 5.46 Å². The molecule has 0 aromatic heterocycles. The third-order valence-electron chi connectivity index (χ3n) is 2.79. The first kappa shape index (κ1) is 10.6. The maximum absolute atomic E-state index is 13.5. The minimum atomic E-state index is -0.666. The molecule has 1 heterocycles. The summed E-state index contributed by atoms with van der Waals surface area (Å²) < 4.78 is 32.2. The van der Waals surface area contributed by atoms with Gasteiger partial charge >= 0.3 is 0 Å². The molecule has 1 unspecified atom stereocenters. The topological polar surface area (TPSA) is 9.23 Å². The van der Waals surface area contributed by atoms with Crippen molar-refractivity contribution in [2.75, 3.05) is 6.61 Å². The summed E-state index contributed by atoms with van der Waals surface area (Å²) in [5, 5.41) is 0. The van der Waals surface area contributed by atoms with Gasteiger partial charge in [-0.25, -0.2) is 8.78 Å². The average molecular weight is 208 g/mol. The highest BCUT2D eigenvalue weighted by molar-refractivity contribution is 6.33. The number of benzene rings is 1. The van der Waals surface area contributed by atoms with Crippen LogP contribution >= 0.6 is 0 Å². The van der Waals surface area contributed by atoms with Crippen molar-refractivity contribution in [3.05, 3.63) is 28.8 Å². The molecule has 0 saturated carbocycles. The Kier molecular flexibility index (Phi) is 2.78. The minimum absolute atomic E-state index is 0.0146. The van der Waals surface area contributed by atoms with Gasteiger partial charge in [-0.3, -0.25) is 0 Å². The molecule has 0 N–H and O–H groups in total. The summed E-state index contributed by atoms with van der Waals surface area (Å²) >= 11 is 0. The number of ether oxygens (including phenoxy) is 1. The highest BCUT2D eigenvalue weighted by Gasteiger charge is 2.22. The van der Waals surface area contributed by atoms with Crippen molar-refractivity contribution in [1.29, 1.82) is 0 Å². The van der Waals surface area contributed by atoms with Gasteiger partial charge in [0.05, 0.1) is 6.10 Å². The van der Waals surface area contributed by atoms with Gasteiger partial charge in [0, 0.05) is 12.2 Å². The van der Waals surface area contributed by atoms with Gasteiger partial charge in [-0.2, -0.15) is 0 Å². The van der Waals surface area contributed by atoms with Gasteiger partial charge in [0.15, 0.2) is 0 Å². The van der Waals surface area contributed by atoms with Crippen LogP contribution in [0.2, 0.25) is 0 Å². The maximum atomic E-state index is 13.5. The van der Waals surface area contributed by atoms with Crippen molar-refractivity contribution < 1.29 is 13.5 Å². The quantitative estimate of drug-likeness (QED) is 0.640. The second-order valence-electron chi connectivity index (χ2n) is 3.80. The van der Waals surface area contributed by atoms with Crippen LogP contribution in [-0.4, -0.2) is 14.5 Å². The van der Waals surface area contributed by atoms with Gasteiger partial charge in [0.25, 0.3) is 0 Å². The molecule has 1 atom stereocenters. The highest BCUT2D eigenvalue weighted by Crippen LogP contribution is 2.28. The molecule has 0 aliphatic carbocycles. The summed E-state index contributed by atoms with van der Waals surface area (Å²) in [5.41, 5.74) is 0.420. The first-order valence-corrected chi connectivity index (χ1v) is 4.97. The normalized spacial score (nSPS) is 20.9. The number of hydrogen-bond donors (Lipinski definition) is 0. The molecule has 15 heavy (non-hydrogen) atoms. The van der Waals surface area contributed by atoms with Crippen molar-refractivity contribution >= 4 is 13.3 Å². The molecule has 0 spiro atoms. The molecular formula is C11H11BF2O. The van der Waals surface area contributed by atoms with E-state index in [4.69, 9.17) is 12.6 Å². The molecule has 1 saturated heterocycles. The first-order valence-electron chi connectivity index (χ1n) is 4.97. The summed E-state index contributed by atoms with van der Waals surface area (Å²) in [6.07, 6.45) is 1.42. The molecule has 1 aromatic carbocycles. The van der Waals surface area contributed by atoms with Crippen molar-refractivity contribution in [1.82, 2.24) is 0 Å². The fraction of sp³-hybridized carbons (Fsp3) is 0.455. The van der Waals surface area contributed by atoms with E-state index in [1.807, 2.05) is 0 Å². The molecule has 0 amide bonds. The monoisotopic (exact) mass is 208 g/mol. The second-order valence-corrected chi connectivity index (χ2v) is 3.80. The largest absolute Gasteiger partial charge is 0.374 e. The lowest BCUT2D eigenvalue weighted by Gasteiger charge is -2.15. The van der Waals surface area contributed by atoms with Crippen LogP contribution in [-0.2, 0) is 4.74 Å². The van der Waals surface area contributed by atoms with Crippen LogP contribution < -0.4 is 5.46 Å². The lowest BCUT2D eigenvalue weighted by Crippen LogP contribution is -2.20. The molecule has 1 nitrogen and oxygen atoms in total. The minimum Gasteiger partial charge on any atom is -0.374 e. The smallest absolute Gasteiger partial charge is 0.129 e.